The van der Waals surface area contributed by atoms with E-state index < -0.39 is 0 Å². The molecular weight excluding hydrogens is 350 g/mol. The van der Waals surface area contributed by atoms with Crippen molar-refractivity contribution >= 4 is 23.2 Å². The van der Waals surface area contributed by atoms with E-state index in [1.807, 2.05) is 14.1 Å². The summed E-state index contributed by atoms with van der Waals surface area (Å²) in [5.74, 6) is 0.481. The minimum atomic E-state index is -0.142. The minimum absolute atomic E-state index is 0.0172. The lowest BCUT2D eigenvalue weighted by molar-refractivity contribution is -0.890. The summed E-state index contributed by atoms with van der Waals surface area (Å²) < 4.78 is 5.48. The second kappa shape index (κ2) is 9.46. The van der Waals surface area contributed by atoms with Crippen LogP contribution < -0.4 is 19.9 Å². The number of halogens is 1. The Bertz CT molecular complexity index is 700. The van der Waals surface area contributed by atoms with Crippen molar-refractivity contribution in [2.24, 2.45) is 0 Å². The molecular formula is C20H27ClN3O2+. The molecule has 1 atom stereocenters. The van der Waals surface area contributed by atoms with Gasteiger partial charge >= 0.3 is 0 Å². The number of anilines is 1. The quantitative estimate of drug-likeness (QED) is 0.738. The van der Waals surface area contributed by atoms with E-state index >= 15 is 0 Å². The maximum absolute atomic E-state index is 12.1. The van der Waals surface area contributed by atoms with E-state index in [2.05, 4.69) is 48.6 Å². The molecule has 0 bridgehead atoms. The second-order valence-corrected chi connectivity index (χ2v) is 7.10. The third kappa shape index (κ3) is 5.93. The zero-order valence-corrected chi connectivity index (χ0v) is 16.5. The molecule has 0 heterocycles. The van der Waals surface area contributed by atoms with Crippen LogP contribution in [0, 0.1) is 0 Å². The molecule has 140 valence electrons. The molecule has 0 aliphatic heterocycles. The Labute approximate surface area is 160 Å². The van der Waals surface area contributed by atoms with Crippen LogP contribution in [0.4, 0.5) is 5.69 Å². The van der Waals surface area contributed by atoms with Crippen LogP contribution in [0.25, 0.3) is 0 Å². The zero-order valence-electron chi connectivity index (χ0n) is 15.8. The van der Waals surface area contributed by atoms with Crippen LogP contribution in [0.15, 0.2) is 48.5 Å². The number of carbonyl (C=O) groups is 1. The highest BCUT2D eigenvalue weighted by Crippen LogP contribution is 2.17. The number of rotatable bonds is 8. The van der Waals surface area contributed by atoms with Gasteiger partial charge in [-0.15, -0.1) is 0 Å². The Morgan fingerprint density at radius 3 is 2.27 bits per heavy atom. The molecule has 0 aliphatic rings. The predicted molar refractivity (Wildman–Crippen MR) is 106 cm³/mol. The molecule has 6 heteroatoms. The molecule has 1 amide bonds. The molecule has 0 fully saturated rings. The summed E-state index contributed by atoms with van der Waals surface area (Å²) >= 11 is 5.83. The van der Waals surface area contributed by atoms with Gasteiger partial charge in [0.2, 0.25) is 0 Å². The zero-order chi connectivity index (χ0) is 19.1. The van der Waals surface area contributed by atoms with Crippen molar-refractivity contribution in [3.8, 4) is 5.75 Å². The maximum atomic E-state index is 12.1. The monoisotopic (exact) mass is 376 g/mol. The van der Waals surface area contributed by atoms with Gasteiger partial charge in [-0.3, -0.25) is 4.79 Å². The van der Waals surface area contributed by atoms with Crippen molar-refractivity contribution in [1.82, 2.24) is 5.32 Å². The SMILES string of the molecule is CN(C)c1ccc([C@@H](CNC(=O)COc2ccc(Cl)cc2)[NH+](C)C)cc1. The van der Waals surface area contributed by atoms with E-state index in [9.17, 15) is 4.79 Å². The fourth-order valence-corrected chi connectivity index (χ4v) is 2.73. The number of likely N-dealkylation sites (N-methyl/N-ethyl adjacent to an activating group) is 1. The van der Waals surface area contributed by atoms with E-state index in [1.54, 1.807) is 24.3 Å². The number of nitrogens with one attached hydrogen (secondary N) is 2. The van der Waals surface area contributed by atoms with Crippen LogP contribution in [-0.2, 0) is 4.79 Å². The first-order chi connectivity index (χ1) is 12.4. The number of quaternary nitrogens is 1. The lowest BCUT2D eigenvalue weighted by Gasteiger charge is -2.23. The van der Waals surface area contributed by atoms with Gasteiger partial charge in [-0.1, -0.05) is 23.7 Å². The van der Waals surface area contributed by atoms with Gasteiger partial charge in [-0.2, -0.15) is 0 Å². The third-order valence-electron chi connectivity index (χ3n) is 4.20. The minimum Gasteiger partial charge on any atom is -0.484 e. The van der Waals surface area contributed by atoms with Gasteiger partial charge in [0, 0.05) is 30.4 Å². The number of hydrogen-bond donors (Lipinski definition) is 2. The average molecular weight is 377 g/mol. The fourth-order valence-electron chi connectivity index (χ4n) is 2.61. The summed E-state index contributed by atoms with van der Waals surface area (Å²) in [5, 5.41) is 3.60. The van der Waals surface area contributed by atoms with Crippen LogP contribution in [0.1, 0.15) is 11.6 Å². The van der Waals surface area contributed by atoms with E-state index in [0.717, 1.165) is 5.69 Å². The van der Waals surface area contributed by atoms with Gasteiger partial charge in [0.25, 0.3) is 5.91 Å². The Morgan fingerprint density at radius 2 is 1.73 bits per heavy atom. The summed E-state index contributed by atoms with van der Waals surface area (Å²) in [5.41, 5.74) is 2.34. The molecule has 0 saturated heterocycles. The van der Waals surface area contributed by atoms with Gasteiger partial charge in [-0.25, -0.2) is 0 Å². The first-order valence-corrected chi connectivity index (χ1v) is 8.97. The first kappa shape index (κ1) is 20.1. The highest BCUT2D eigenvalue weighted by molar-refractivity contribution is 6.30. The summed E-state index contributed by atoms with van der Waals surface area (Å²) in [6.07, 6.45) is 0. The second-order valence-electron chi connectivity index (χ2n) is 6.66. The molecule has 2 rings (SSSR count). The Morgan fingerprint density at radius 1 is 1.12 bits per heavy atom. The van der Waals surface area contributed by atoms with Crippen LogP contribution in [0.3, 0.4) is 0 Å². The van der Waals surface area contributed by atoms with Gasteiger partial charge in [0.1, 0.15) is 11.8 Å². The summed E-state index contributed by atoms with van der Waals surface area (Å²) in [4.78, 5) is 15.4. The molecule has 0 aromatic heterocycles. The Kier molecular flexibility index (Phi) is 7.30. The number of amides is 1. The molecule has 26 heavy (non-hydrogen) atoms. The van der Waals surface area contributed by atoms with Gasteiger partial charge < -0.3 is 19.9 Å². The Balaban J connectivity index is 1.89. The van der Waals surface area contributed by atoms with Gasteiger partial charge in [0.15, 0.2) is 6.61 Å². The average Bonchev–Trinajstić information content (AvgIpc) is 2.61. The number of hydrogen-bond acceptors (Lipinski definition) is 3. The standard InChI is InChI=1S/C20H26ClN3O2/c1-23(2)17-9-5-15(6-10-17)19(24(3)4)13-22-20(25)14-26-18-11-7-16(21)8-12-18/h5-12,19H,13-14H2,1-4H3,(H,22,25)/p+1/t19-/m1/s1. The third-order valence-corrected chi connectivity index (χ3v) is 4.45. The molecule has 0 unspecified atom stereocenters. The molecule has 2 aromatic rings. The molecule has 0 saturated carbocycles. The van der Waals surface area contributed by atoms with E-state index in [-0.39, 0.29) is 18.6 Å². The van der Waals surface area contributed by atoms with Crippen LogP contribution in [0.2, 0.25) is 5.02 Å². The number of ether oxygens (including phenoxy) is 1. The van der Waals surface area contributed by atoms with Crippen LogP contribution in [0.5, 0.6) is 5.75 Å². The molecule has 0 spiro atoms. The van der Waals surface area contributed by atoms with E-state index in [4.69, 9.17) is 16.3 Å². The van der Waals surface area contributed by atoms with Crippen molar-refractivity contribution < 1.29 is 14.4 Å². The summed E-state index contributed by atoms with van der Waals surface area (Å²) in [6.45, 7) is 0.531. The van der Waals surface area contributed by atoms with Crippen molar-refractivity contribution in [1.29, 1.82) is 0 Å². The van der Waals surface area contributed by atoms with Crippen molar-refractivity contribution in [3.05, 3.63) is 59.1 Å². The highest BCUT2D eigenvalue weighted by Gasteiger charge is 2.19. The van der Waals surface area contributed by atoms with Crippen LogP contribution in [-0.4, -0.2) is 47.2 Å². The number of carbonyl (C=O) groups excluding carboxylic acids is 1. The lowest BCUT2D eigenvalue weighted by atomic mass is 10.1. The van der Waals surface area contributed by atoms with Crippen molar-refractivity contribution in [2.75, 3.05) is 46.2 Å². The van der Waals surface area contributed by atoms with E-state index in [0.29, 0.717) is 17.3 Å². The van der Waals surface area contributed by atoms with Gasteiger partial charge in [-0.05, 0) is 36.4 Å². The summed E-state index contributed by atoms with van der Waals surface area (Å²) in [6, 6.07) is 15.5. The predicted octanol–water partition coefficient (Wildman–Crippen LogP) is 1.79. The Hall–Kier alpha value is -2.24. The van der Waals surface area contributed by atoms with Crippen molar-refractivity contribution in [3.63, 3.8) is 0 Å². The van der Waals surface area contributed by atoms with Gasteiger partial charge in [0.05, 0.1) is 20.6 Å². The van der Waals surface area contributed by atoms with E-state index in [1.165, 1.54) is 10.5 Å². The normalized spacial score (nSPS) is 11.9. The topological polar surface area (TPSA) is 46.0 Å². The fraction of sp³-hybridized carbons (Fsp3) is 0.350. The molecule has 2 aromatic carbocycles. The van der Waals surface area contributed by atoms with Crippen molar-refractivity contribution in [2.45, 2.75) is 6.04 Å². The molecule has 0 aliphatic carbocycles. The highest BCUT2D eigenvalue weighted by atomic mass is 35.5. The number of nitrogens with zero attached hydrogens (tertiary/aromatic N) is 1. The lowest BCUT2D eigenvalue weighted by Crippen LogP contribution is -3.07. The smallest absolute Gasteiger partial charge is 0.258 e. The molecule has 0 radical (unpaired) electrons. The molecule has 2 N–H and O–H groups in total. The largest absolute Gasteiger partial charge is 0.484 e. The van der Waals surface area contributed by atoms with Crippen LogP contribution >= 0.6 is 11.6 Å². The molecule has 5 nitrogen and oxygen atoms in total. The maximum Gasteiger partial charge on any atom is 0.258 e. The number of benzene rings is 2. The first-order valence-electron chi connectivity index (χ1n) is 8.59. The summed E-state index contributed by atoms with van der Waals surface area (Å²) in [7, 11) is 8.21.